The monoisotopic (exact) mass is 260 g/mol. The molecule has 6 heteroatoms. The van der Waals surface area contributed by atoms with Gasteiger partial charge in [-0.15, -0.1) is 12.4 Å². The largest absolute Gasteiger partial charge is 0.354 e. The Labute approximate surface area is 108 Å². The third kappa shape index (κ3) is 6.28. The number of halogens is 1. The van der Waals surface area contributed by atoms with E-state index in [0.717, 1.165) is 12.4 Å². The quantitative estimate of drug-likeness (QED) is 0.694. The molecule has 0 unspecified atom stereocenters. The van der Waals surface area contributed by atoms with Crippen LogP contribution < -0.4 is 10.6 Å². The topological polar surface area (TPSA) is 69.8 Å². The molecule has 1 aromatic heterocycles. The van der Waals surface area contributed by atoms with Gasteiger partial charge in [-0.05, 0) is 0 Å². The zero-order chi connectivity index (χ0) is 12.0. The standard InChI is InChI=1S/C11H20N4O.ClH/c1-11(2,3)10(16)15-5-4-12-8-9-13-6-7-14-9;/h6-7,12H,4-5,8H2,1-3H3,(H,13,14)(H,15,16);1H. The second-order valence-corrected chi connectivity index (χ2v) is 4.72. The van der Waals surface area contributed by atoms with Gasteiger partial charge in [0.15, 0.2) is 0 Å². The average Bonchev–Trinajstić information content (AvgIpc) is 2.68. The zero-order valence-corrected chi connectivity index (χ0v) is 11.4. The predicted octanol–water partition coefficient (Wildman–Crippen LogP) is 1.08. The first-order valence-electron chi connectivity index (χ1n) is 5.47. The van der Waals surface area contributed by atoms with Gasteiger partial charge in [-0.25, -0.2) is 4.98 Å². The number of carbonyl (C=O) groups excluding carboxylic acids is 1. The van der Waals surface area contributed by atoms with Crippen molar-refractivity contribution in [2.75, 3.05) is 13.1 Å². The van der Waals surface area contributed by atoms with E-state index in [1.807, 2.05) is 20.8 Å². The summed E-state index contributed by atoms with van der Waals surface area (Å²) in [5, 5.41) is 6.06. The van der Waals surface area contributed by atoms with Gasteiger partial charge in [-0.3, -0.25) is 4.79 Å². The van der Waals surface area contributed by atoms with Crippen molar-refractivity contribution in [2.24, 2.45) is 5.41 Å². The molecule has 0 fully saturated rings. The summed E-state index contributed by atoms with van der Waals surface area (Å²) in [7, 11) is 0. The maximum Gasteiger partial charge on any atom is 0.225 e. The Morgan fingerprint density at radius 1 is 1.41 bits per heavy atom. The van der Waals surface area contributed by atoms with E-state index in [-0.39, 0.29) is 23.7 Å². The molecular weight excluding hydrogens is 240 g/mol. The minimum Gasteiger partial charge on any atom is -0.354 e. The highest BCUT2D eigenvalue weighted by Gasteiger charge is 2.19. The van der Waals surface area contributed by atoms with E-state index >= 15 is 0 Å². The van der Waals surface area contributed by atoms with Crippen LogP contribution in [-0.2, 0) is 11.3 Å². The van der Waals surface area contributed by atoms with Crippen molar-refractivity contribution in [3.05, 3.63) is 18.2 Å². The molecule has 0 saturated carbocycles. The number of hydrogen-bond acceptors (Lipinski definition) is 3. The lowest BCUT2D eigenvalue weighted by atomic mass is 9.96. The molecule has 0 bridgehead atoms. The number of nitrogens with zero attached hydrogens (tertiary/aromatic N) is 1. The van der Waals surface area contributed by atoms with Crippen LogP contribution in [0.4, 0.5) is 0 Å². The molecular formula is C11H21ClN4O. The SMILES string of the molecule is CC(C)(C)C(=O)NCCNCc1ncc[nH]1.Cl. The van der Waals surface area contributed by atoms with E-state index < -0.39 is 0 Å². The van der Waals surface area contributed by atoms with E-state index in [4.69, 9.17) is 0 Å². The van der Waals surface area contributed by atoms with Gasteiger partial charge in [-0.1, -0.05) is 20.8 Å². The molecule has 0 spiro atoms. The van der Waals surface area contributed by atoms with Gasteiger partial charge in [0.1, 0.15) is 5.82 Å². The van der Waals surface area contributed by atoms with Crippen LogP contribution in [-0.4, -0.2) is 29.0 Å². The lowest BCUT2D eigenvalue weighted by Crippen LogP contribution is -2.38. The number of aromatic amines is 1. The van der Waals surface area contributed by atoms with Gasteiger partial charge in [0.25, 0.3) is 0 Å². The number of amides is 1. The summed E-state index contributed by atoms with van der Waals surface area (Å²) in [5.74, 6) is 0.981. The molecule has 0 aliphatic heterocycles. The van der Waals surface area contributed by atoms with E-state index in [1.165, 1.54) is 0 Å². The summed E-state index contributed by atoms with van der Waals surface area (Å²) in [4.78, 5) is 18.6. The second-order valence-electron chi connectivity index (χ2n) is 4.72. The second kappa shape index (κ2) is 7.29. The van der Waals surface area contributed by atoms with Crippen LogP contribution in [0.3, 0.4) is 0 Å². The van der Waals surface area contributed by atoms with Crippen LogP contribution in [0.15, 0.2) is 12.4 Å². The maximum atomic E-state index is 11.5. The first-order valence-corrected chi connectivity index (χ1v) is 5.47. The van der Waals surface area contributed by atoms with Crippen molar-refractivity contribution in [3.63, 3.8) is 0 Å². The van der Waals surface area contributed by atoms with Crippen LogP contribution in [0.1, 0.15) is 26.6 Å². The van der Waals surface area contributed by atoms with Gasteiger partial charge in [-0.2, -0.15) is 0 Å². The molecule has 0 radical (unpaired) electrons. The lowest BCUT2D eigenvalue weighted by molar-refractivity contribution is -0.128. The molecule has 17 heavy (non-hydrogen) atoms. The first kappa shape index (κ1) is 15.9. The number of carbonyl (C=O) groups is 1. The Morgan fingerprint density at radius 2 is 2.12 bits per heavy atom. The van der Waals surface area contributed by atoms with Crippen LogP contribution in [0.5, 0.6) is 0 Å². The number of nitrogens with one attached hydrogen (secondary N) is 3. The summed E-state index contributed by atoms with van der Waals surface area (Å²) < 4.78 is 0. The first-order chi connectivity index (χ1) is 7.50. The molecule has 0 aliphatic carbocycles. The minimum atomic E-state index is -0.318. The van der Waals surface area contributed by atoms with Crippen molar-refractivity contribution < 1.29 is 4.79 Å². The fourth-order valence-electron chi connectivity index (χ4n) is 1.13. The fourth-order valence-corrected chi connectivity index (χ4v) is 1.13. The van der Waals surface area contributed by atoms with E-state index in [9.17, 15) is 4.79 Å². The molecule has 1 aromatic rings. The van der Waals surface area contributed by atoms with E-state index in [2.05, 4.69) is 20.6 Å². The lowest BCUT2D eigenvalue weighted by Gasteiger charge is -2.17. The Balaban J connectivity index is 0.00000256. The van der Waals surface area contributed by atoms with Crippen molar-refractivity contribution in [2.45, 2.75) is 27.3 Å². The summed E-state index contributed by atoms with van der Waals surface area (Å²) in [5.41, 5.74) is -0.318. The summed E-state index contributed by atoms with van der Waals surface area (Å²) in [6.07, 6.45) is 3.51. The number of rotatable bonds is 5. The molecule has 98 valence electrons. The number of imidazole rings is 1. The van der Waals surface area contributed by atoms with Crippen LogP contribution in [0, 0.1) is 5.41 Å². The van der Waals surface area contributed by atoms with Gasteiger partial charge in [0, 0.05) is 30.9 Å². The van der Waals surface area contributed by atoms with E-state index in [1.54, 1.807) is 12.4 Å². The van der Waals surface area contributed by atoms with Crippen molar-refractivity contribution >= 4 is 18.3 Å². The Hall–Kier alpha value is -1.07. The zero-order valence-electron chi connectivity index (χ0n) is 10.5. The smallest absolute Gasteiger partial charge is 0.225 e. The number of aromatic nitrogens is 2. The summed E-state index contributed by atoms with van der Waals surface area (Å²) in [6.45, 7) is 7.77. The van der Waals surface area contributed by atoms with Gasteiger partial charge >= 0.3 is 0 Å². The Bertz CT molecular complexity index is 319. The molecule has 5 nitrogen and oxygen atoms in total. The normalized spacial score (nSPS) is 10.8. The van der Waals surface area contributed by atoms with Gasteiger partial charge in [0.05, 0.1) is 6.54 Å². The van der Waals surface area contributed by atoms with Crippen LogP contribution in [0.25, 0.3) is 0 Å². The molecule has 3 N–H and O–H groups in total. The number of hydrogen-bond donors (Lipinski definition) is 3. The third-order valence-electron chi connectivity index (χ3n) is 2.12. The Morgan fingerprint density at radius 3 is 2.65 bits per heavy atom. The van der Waals surface area contributed by atoms with Crippen LogP contribution in [0.2, 0.25) is 0 Å². The average molecular weight is 261 g/mol. The van der Waals surface area contributed by atoms with Crippen molar-refractivity contribution in [1.29, 1.82) is 0 Å². The highest BCUT2D eigenvalue weighted by molar-refractivity contribution is 5.85. The molecule has 1 heterocycles. The van der Waals surface area contributed by atoms with E-state index in [0.29, 0.717) is 13.1 Å². The molecule has 0 aliphatic rings. The highest BCUT2D eigenvalue weighted by atomic mass is 35.5. The molecule has 1 amide bonds. The van der Waals surface area contributed by atoms with Gasteiger partial charge < -0.3 is 15.6 Å². The highest BCUT2D eigenvalue weighted by Crippen LogP contribution is 2.11. The molecule has 0 saturated heterocycles. The fraction of sp³-hybridized carbons (Fsp3) is 0.636. The van der Waals surface area contributed by atoms with Crippen LogP contribution >= 0.6 is 12.4 Å². The molecule has 1 rings (SSSR count). The number of H-pyrrole nitrogens is 1. The van der Waals surface area contributed by atoms with Gasteiger partial charge in [0.2, 0.25) is 5.91 Å². The minimum absolute atomic E-state index is 0. The van der Waals surface area contributed by atoms with Crippen molar-refractivity contribution in [3.8, 4) is 0 Å². The third-order valence-corrected chi connectivity index (χ3v) is 2.12. The molecule has 0 atom stereocenters. The Kier molecular flexibility index (Phi) is 6.83. The van der Waals surface area contributed by atoms with Crippen molar-refractivity contribution in [1.82, 2.24) is 20.6 Å². The maximum absolute atomic E-state index is 11.5. The molecule has 0 aromatic carbocycles. The predicted molar refractivity (Wildman–Crippen MR) is 70.0 cm³/mol. The summed E-state index contributed by atoms with van der Waals surface area (Å²) >= 11 is 0. The summed E-state index contributed by atoms with van der Waals surface area (Å²) in [6, 6.07) is 0.